The molecule has 4 heteroatoms. The van der Waals surface area contributed by atoms with Gasteiger partial charge in [0.1, 0.15) is 6.04 Å². The van der Waals surface area contributed by atoms with Gasteiger partial charge in [-0.05, 0) is 40.6 Å². The highest BCUT2D eigenvalue weighted by atomic mass is 127. The maximum atomic E-state index is 11.1. The number of methoxy groups -OCH3 is 1. The van der Waals surface area contributed by atoms with Gasteiger partial charge < -0.3 is 10.5 Å². The molecule has 0 fully saturated rings. The molecule has 0 saturated heterocycles. The number of nitrogens with two attached hydrogens (primary N) is 1. The summed E-state index contributed by atoms with van der Waals surface area (Å²) >= 11 is 2.22. The lowest BCUT2D eigenvalue weighted by molar-refractivity contribution is -0.142. The van der Waals surface area contributed by atoms with Gasteiger partial charge in [0, 0.05) is 3.57 Å². The summed E-state index contributed by atoms with van der Waals surface area (Å²) in [5.74, 6) is -0.371. The van der Waals surface area contributed by atoms with Gasteiger partial charge >= 0.3 is 5.97 Å². The van der Waals surface area contributed by atoms with Crippen molar-refractivity contribution in [3.8, 4) is 0 Å². The normalized spacial score (nSPS) is 12.2. The van der Waals surface area contributed by atoms with E-state index in [2.05, 4.69) is 27.3 Å². The van der Waals surface area contributed by atoms with Gasteiger partial charge in [0.15, 0.2) is 0 Å². The van der Waals surface area contributed by atoms with E-state index in [0.29, 0.717) is 6.42 Å². The number of carbonyl (C=O) groups is 1. The van der Waals surface area contributed by atoms with Crippen molar-refractivity contribution in [3.05, 3.63) is 33.4 Å². The molecule has 2 N–H and O–H groups in total. The molecule has 0 aliphatic heterocycles. The van der Waals surface area contributed by atoms with Crippen LogP contribution in [0.3, 0.4) is 0 Å². The molecule has 0 amide bonds. The van der Waals surface area contributed by atoms with E-state index in [1.807, 2.05) is 24.3 Å². The van der Waals surface area contributed by atoms with E-state index in [4.69, 9.17) is 5.73 Å². The Hall–Kier alpha value is -0.620. The Labute approximate surface area is 96.8 Å². The minimum atomic E-state index is -0.573. The third-order valence-corrected chi connectivity index (χ3v) is 2.95. The number of ether oxygens (including phenoxy) is 1. The zero-order valence-corrected chi connectivity index (χ0v) is 10.0. The summed E-state index contributed by atoms with van der Waals surface area (Å²) in [6.45, 7) is 0. The summed E-state index contributed by atoms with van der Waals surface area (Å²) < 4.78 is 5.67. The van der Waals surface area contributed by atoms with E-state index in [0.717, 1.165) is 9.13 Å². The third-order valence-electron chi connectivity index (χ3n) is 1.90. The van der Waals surface area contributed by atoms with Gasteiger partial charge in [-0.15, -0.1) is 0 Å². The SMILES string of the molecule is COC(=O)C(N)Cc1ccccc1I. The fourth-order valence-corrected chi connectivity index (χ4v) is 1.74. The first-order chi connectivity index (χ1) is 6.65. The molecule has 1 atom stereocenters. The Morgan fingerprint density at radius 1 is 1.57 bits per heavy atom. The summed E-state index contributed by atoms with van der Waals surface area (Å²) in [5, 5.41) is 0. The van der Waals surface area contributed by atoms with Crippen LogP contribution in [-0.4, -0.2) is 19.1 Å². The second-order valence-electron chi connectivity index (χ2n) is 2.93. The van der Waals surface area contributed by atoms with Gasteiger partial charge in [-0.3, -0.25) is 4.79 Å². The molecule has 0 aliphatic carbocycles. The van der Waals surface area contributed by atoms with Crippen molar-refractivity contribution in [2.75, 3.05) is 7.11 Å². The van der Waals surface area contributed by atoms with E-state index in [1.165, 1.54) is 7.11 Å². The molecule has 1 aromatic carbocycles. The zero-order chi connectivity index (χ0) is 10.6. The molecule has 0 aliphatic rings. The van der Waals surface area contributed by atoms with Crippen molar-refractivity contribution in [1.82, 2.24) is 0 Å². The Balaban J connectivity index is 2.69. The molecular weight excluding hydrogens is 293 g/mol. The molecule has 0 heterocycles. The van der Waals surface area contributed by atoms with Crippen LogP contribution in [0.5, 0.6) is 0 Å². The number of benzene rings is 1. The lowest BCUT2D eigenvalue weighted by atomic mass is 10.1. The number of esters is 1. The van der Waals surface area contributed by atoms with Gasteiger partial charge in [0.05, 0.1) is 7.11 Å². The summed E-state index contributed by atoms with van der Waals surface area (Å²) in [6, 6.07) is 7.26. The lowest BCUT2D eigenvalue weighted by Crippen LogP contribution is -2.33. The Morgan fingerprint density at radius 3 is 2.79 bits per heavy atom. The maximum absolute atomic E-state index is 11.1. The van der Waals surface area contributed by atoms with Crippen LogP contribution in [0, 0.1) is 3.57 Å². The highest BCUT2D eigenvalue weighted by molar-refractivity contribution is 14.1. The quantitative estimate of drug-likeness (QED) is 0.677. The minimum absolute atomic E-state index is 0.371. The summed E-state index contributed by atoms with van der Waals surface area (Å²) in [7, 11) is 1.35. The minimum Gasteiger partial charge on any atom is -0.468 e. The summed E-state index contributed by atoms with van der Waals surface area (Å²) in [6.07, 6.45) is 0.520. The second kappa shape index (κ2) is 5.31. The van der Waals surface area contributed by atoms with Crippen molar-refractivity contribution < 1.29 is 9.53 Å². The Morgan fingerprint density at radius 2 is 2.21 bits per heavy atom. The van der Waals surface area contributed by atoms with Gasteiger partial charge in [-0.1, -0.05) is 18.2 Å². The zero-order valence-electron chi connectivity index (χ0n) is 7.87. The van der Waals surface area contributed by atoms with Crippen LogP contribution in [0.15, 0.2) is 24.3 Å². The molecule has 1 unspecified atom stereocenters. The Kier molecular flexibility index (Phi) is 4.34. The predicted octanol–water partition coefficient (Wildman–Crippen LogP) is 1.33. The van der Waals surface area contributed by atoms with Crippen LogP contribution in [0.1, 0.15) is 5.56 Å². The number of carbonyl (C=O) groups excluding carboxylic acids is 1. The molecule has 0 radical (unpaired) electrons. The highest BCUT2D eigenvalue weighted by Crippen LogP contribution is 2.13. The van der Waals surface area contributed by atoms with E-state index in [9.17, 15) is 4.79 Å². The van der Waals surface area contributed by atoms with Crippen molar-refractivity contribution in [2.24, 2.45) is 5.73 Å². The summed E-state index contributed by atoms with van der Waals surface area (Å²) in [5.41, 5.74) is 6.73. The molecule has 0 bridgehead atoms. The number of rotatable bonds is 3. The van der Waals surface area contributed by atoms with E-state index in [1.54, 1.807) is 0 Å². The van der Waals surface area contributed by atoms with Crippen molar-refractivity contribution >= 4 is 28.6 Å². The molecule has 0 saturated carbocycles. The highest BCUT2D eigenvalue weighted by Gasteiger charge is 2.14. The van der Waals surface area contributed by atoms with E-state index < -0.39 is 6.04 Å². The molecule has 0 spiro atoms. The average Bonchev–Trinajstić information content (AvgIpc) is 2.20. The first kappa shape index (κ1) is 11.5. The molecule has 3 nitrogen and oxygen atoms in total. The second-order valence-corrected chi connectivity index (χ2v) is 4.09. The van der Waals surface area contributed by atoms with Gasteiger partial charge in [0.2, 0.25) is 0 Å². The lowest BCUT2D eigenvalue weighted by Gasteiger charge is -2.10. The topological polar surface area (TPSA) is 52.3 Å². The molecule has 1 rings (SSSR count). The standard InChI is InChI=1S/C10H12INO2/c1-14-10(13)9(12)6-7-4-2-3-5-8(7)11/h2-5,9H,6,12H2,1H3. The number of hydrogen-bond acceptors (Lipinski definition) is 3. The van der Waals surface area contributed by atoms with Crippen LogP contribution in [0.4, 0.5) is 0 Å². The molecule has 14 heavy (non-hydrogen) atoms. The van der Waals surface area contributed by atoms with Crippen molar-refractivity contribution in [3.63, 3.8) is 0 Å². The van der Waals surface area contributed by atoms with Gasteiger partial charge in [0.25, 0.3) is 0 Å². The first-order valence-electron chi connectivity index (χ1n) is 4.22. The maximum Gasteiger partial charge on any atom is 0.322 e. The fraction of sp³-hybridized carbons (Fsp3) is 0.300. The van der Waals surface area contributed by atoms with Crippen molar-refractivity contribution in [1.29, 1.82) is 0 Å². The predicted molar refractivity (Wildman–Crippen MR) is 62.9 cm³/mol. The monoisotopic (exact) mass is 305 g/mol. The largest absolute Gasteiger partial charge is 0.468 e. The molecule has 1 aromatic rings. The van der Waals surface area contributed by atoms with Crippen LogP contribution < -0.4 is 5.73 Å². The molecular formula is C10H12INO2. The van der Waals surface area contributed by atoms with Gasteiger partial charge in [-0.2, -0.15) is 0 Å². The molecule has 0 aromatic heterocycles. The average molecular weight is 305 g/mol. The van der Waals surface area contributed by atoms with Crippen LogP contribution in [0.25, 0.3) is 0 Å². The Bertz CT molecular complexity index is 328. The number of halogens is 1. The third kappa shape index (κ3) is 2.95. The smallest absolute Gasteiger partial charge is 0.322 e. The summed E-state index contributed by atoms with van der Waals surface area (Å²) in [4.78, 5) is 11.1. The van der Waals surface area contributed by atoms with E-state index in [-0.39, 0.29) is 5.97 Å². The van der Waals surface area contributed by atoms with E-state index >= 15 is 0 Å². The van der Waals surface area contributed by atoms with Crippen LogP contribution in [0.2, 0.25) is 0 Å². The van der Waals surface area contributed by atoms with Crippen molar-refractivity contribution in [2.45, 2.75) is 12.5 Å². The van der Waals surface area contributed by atoms with Crippen LogP contribution >= 0.6 is 22.6 Å². The first-order valence-corrected chi connectivity index (χ1v) is 5.30. The molecule has 76 valence electrons. The number of hydrogen-bond donors (Lipinski definition) is 1. The fourth-order valence-electron chi connectivity index (χ4n) is 1.14. The van der Waals surface area contributed by atoms with Gasteiger partial charge in [-0.25, -0.2) is 0 Å². The van der Waals surface area contributed by atoms with Crippen LogP contribution in [-0.2, 0) is 16.0 Å².